The molecule has 1 atom stereocenters. The molecule has 1 aliphatic carbocycles. The van der Waals surface area contributed by atoms with Crippen molar-refractivity contribution in [3.05, 3.63) is 35.1 Å². The molecule has 2 amide bonds. The van der Waals surface area contributed by atoms with Crippen LogP contribution in [0.15, 0.2) is 35.1 Å². The van der Waals surface area contributed by atoms with E-state index in [0.29, 0.717) is 29.8 Å². The Morgan fingerprint density at radius 2 is 1.73 bits per heavy atom. The van der Waals surface area contributed by atoms with Gasteiger partial charge in [-0.05, 0) is 100 Å². The van der Waals surface area contributed by atoms with Crippen LogP contribution in [0.4, 0.5) is 16.2 Å². The third kappa shape index (κ3) is 6.90. The lowest BCUT2D eigenvalue weighted by Gasteiger charge is -2.41. The van der Waals surface area contributed by atoms with E-state index in [2.05, 4.69) is 26.9 Å². The predicted molar refractivity (Wildman–Crippen MR) is 179 cm³/mol. The van der Waals surface area contributed by atoms with E-state index in [4.69, 9.17) is 14.0 Å². The quantitative estimate of drug-likeness (QED) is 0.332. The number of fused-ring (bicyclic) bond motifs is 1. The lowest BCUT2D eigenvalue weighted by atomic mass is 9.82. The van der Waals surface area contributed by atoms with E-state index in [-0.39, 0.29) is 42.5 Å². The van der Waals surface area contributed by atoms with Crippen LogP contribution in [0.1, 0.15) is 79.7 Å². The number of rotatable bonds is 3. The van der Waals surface area contributed by atoms with Gasteiger partial charge in [-0.3, -0.25) is 18.6 Å². The Morgan fingerprint density at radius 3 is 2.30 bits per heavy atom. The minimum atomic E-state index is -1.85. The molecule has 0 N–H and O–H groups in total. The predicted octanol–water partition coefficient (Wildman–Crippen LogP) is 4.93. The van der Waals surface area contributed by atoms with Crippen molar-refractivity contribution < 1.29 is 27.8 Å². The number of ether oxygens (including phenoxy) is 1. The maximum Gasteiger partial charge on any atom is 0.498 e. The molecule has 240 valence electrons. The van der Waals surface area contributed by atoms with Gasteiger partial charge >= 0.3 is 13.2 Å². The van der Waals surface area contributed by atoms with Crippen LogP contribution in [0.25, 0.3) is 0 Å². The van der Waals surface area contributed by atoms with Crippen LogP contribution in [0, 0.1) is 0 Å². The van der Waals surface area contributed by atoms with Crippen molar-refractivity contribution in [1.82, 2.24) is 9.78 Å². The Bertz CT molecular complexity index is 1480. The number of halogens is 1. The summed E-state index contributed by atoms with van der Waals surface area (Å²) >= 11 is 3.43. The molecule has 0 radical (unpaired) electrons. The molecule has 4 heterocycles. The molecular formula is C31H44BBrN4O6S. The molecule has 10 nitrogen and oxygen atoms in total. The molecule has 3 aliphatic heterocycles. The Hall–Kier alpha value is -2.35. The summed E-state index contributed by atoms with van der Waals surface area (Å²) in [5.41, 5.74) is 1.72. The topological polar surface area (TPSA) is 103 Å². The molecule has 4 aliphatic rings. The molecule has 0 bridgehead atoms. The van der Waals surface area contributed by atoms with Crippen LogP contribution < -0.4 is 15.3 Å². The second-order valence-corrected chi connectivity index (χ2v) is 17.0. The number of aromatic nitrogens is 2. The van der Waals surface area contributed by atoms with Crippen LogP contribution in [-0.2, 0) is 28.4 Å². The summed E-state index contributed by atoms with van der Waals surface area (Å²) in [4.78, 5) is 27.8. The highest BCUT2D eigenvalue weighted by Crippen LogP contribution is 2.39. The Kier molecular flexibility index (Phi) is 9.35. The Morgan fingerprint density at radius 1 is 1.09 bits per heavy atom. The van der Waals surface area contributed by atoms with Crippen molar-refractivity contribution in [2.75, 3.05) is 27.9 Å². The fourth-order valence-electron chi connectivity index (χ4n) is 5.81. The van der Waals surface area contributed by atoms with Gasteiger partial charge < -0.3 is 18.9 Å². The number of hydrogen-bond donors (Lipinski definition) is 0. The maximum absolute atomic E-state index is 12.5. The van der Waals surface area contributed by atoms with Gasteiger partial charge in [-0.15, -0.1) is 0 Å². The molecule has 0 spiro atoms. The monoisotopic (exact) mass is 690 g/mol. The van der Waals surface area contributed by atoms with E-state index in [1.165, 1.54) is 0 Å². The van der Waals surface area contributed by atoms with E-state index in [1.54, 1.807) is 16.7 Å². The number of amides is 2. The highest BCUT2D eigenvalue weighted by Gasteiger charge is 2.52. The van der Waals surface area contributed by atoms with E-state index >= 15 is 0 Å². The molecule has 13 heteroatoms. The first-order valence-electron chi connectivity index (χ1n) is 15.4. The summed E-state index contributed by atoms with van der Waals surface area (Å²) in [5, 5.41) is 4.47. The zero-order valence-corrected chi connectivity index (χ0v) is 29.0. The van der Waals surface area contributed by atoms with Crippen molar-refractivity contribution in [2.24, 2.45) is 0 Å². The highest BCUT2D eigenvalue weighted by atomic mass is 79.9. The van der Waals surface area contributed by atoms with Gasteiger partial charge in [-0.1, -0.05) is 15.9 Å². The van der Waals surface area contributed by atoms with Crippen LogP contribution in [-0.4, -0.2) is 80.4 Å². The Labute approximate surface area is 270 Å². The number of hydrogen-bond acceptors (Lipinski definition) is 7. The van der Waals surface area contributed by atoms with Crippen molar-refractivity contribution in [3.63, 3.8) is 0 Å². The standard InChI is InChI=1S/C16H19BrN2O3.C15H25BN2O3S/c1-10-9-18(16(21)22-13-4-3-5-13)15-8-12(17)6-7-14(15)19(10)11(2)20;1-14(2)15(3,4)21-16(20-14)12-10-17-18(11-12)13-6-8-22(5,19)9-7-13/h6-8,10,13H,3-5,9H2,1-2H3;10-11,13H,5-9H2,1-4H3/t10-;/m0./s1. The molecule has 1 aromatic heterocycles. The van der Waals surface area contributed by atoms with E-state index in [1.807, 2.05) is 69.9 Å². The van der Waals surface area contributed by atoms with Crippen LogP contribution in [0.5, 0.6) is 0 Å². The molecule has 2 saturated heterocycles. The summed E-state index contributed by atoms with van der Waals surface area (Å²) in [5.74, 6) is 5.16. The van der Waals surface area contributed by atoms with Crippen molar-refractivity contribution in [1.29, 1.82) is 0 Å². The minimum absolute atomic E-state index is 0.0249. The van der Waals surface area contributed by atoms with Gasteiger partial charge in [-0.2, -0.15) is 5.10 Å². The van der Waals surface area contributed by atoms with Gasteiger partial charge in [0.1, 0.15) is 6.10 Å². The number of carbonyl (C=O) groups is 2. The average Bonchev–Trinajstić information content (AvgIpc) is 3.48. The number of anilines is 2. The molecule has 0 unspecified atom stereocenters. The van der Waals surface area contributed by atoms with Gasteiger partial charge in [0, 0.05) is 47.3 Å². The normalized spacial score (nSPS) is 27.6. The Balaban J connectivity index is 0.000000175. The molecule has 44 heavy (non-hydrogen) atoms. The van der Waals surface area contributed by atoms with Gasteiger partial charge in [0.2, 0.25) is 5.91 Å². The van der Waals surface area contributed by atoms with Gasteiger partial charge in [0.05, 0.1) is 34.7 Å². The maximum atomic E-state index is 12.5. The van der Waals surface area contributed by atoms with Crippen LogP contribution in [0.2, 0.25) is 0 Å². The van der Waals surface area contributed by atoms with Crippen molar-refractivity contribution in [3.8, 4) is 0 Å². The second kappa shape index (κ2) is 12.5. The molecular weight excluding hydrogens is 647 g/mol. The summed E-state index contributed by atoms with van der Waals surface area (Å²) in [7, 11) is -2.23. The zero-order valence-electron chi connectivity index (χ0n) is 26.6. The molecule has 1 saturated carbocycles. The largest absolute Gasteiger partial charge is 0.498 e. The summed E-state index contributed by atoms with van der Waals surface area (Å²) < 4.78 is 32.4. The molecule has 3 fully saturated rings. The van der Waals surface area contributed by atoms with Gasteiger partial charge in [-0.25, -0.2) is 4.79 Å². The zero-order chi connectivity index (χ0) is 32.0. The first-order chi connectivity index (χ1) is 20.6. The smallest absolute Gasteiger partial charge is 0.446 e. The van der Waals surface area contributed by atoms with E-state index < -0.39 is 9.52 Å². The van der Waals surface area contributed by atoms with Crippen molar-refractivity contribution >= 4 is 67.3 Å². The van der Waals surface area contributed by atoms with Crippen LogP contribution in [0.3, 0.4) is 0 Å². The summed E-state index contributed by atoms with van der Waals surface area (Å²) in [6, 6.07) is 5.81. The lowest BCUT2D eigenvalue weighted by Crippen LogP contribution is -2.52. The van der Waals surface area contributed by atoms with Gasteiger partial charge in [0.15, 0.2) is 0 Å². The average molecular weight is 691 g/mol. The number of carbonyl (C=O) groups excluding carboxylic acids is 2. The van der Waals surface area contributed by atoms with E-state index in [0.717, 1.165) is 47.7 Å². The fraction of sp³-hybridized carbons (Fsp3) is 0.613. The summed E-state index contributed by atoms with van der Waals surface area (Å²) in [6.07, 6.45) is 8.29. The molecule has 1 aromatic carbocycles. The highest BCUT2D eigenvalue weighted by molar-refractivity contribution is 9.10. The molecule has 6 rings (SSSR count). The first-order valence-corrected chi connectivity index (χ1v) is 18.2. The van der Waals surface area contributed by atoms with Gasteiger partial charge in [0.25, 0.3) is 0 Å². The fourth-order valence-corrected chi connectivity index (χ4v) is 7.77. The third-order valence-electron chi connectivity index (χ3n) is 9.42. The second-order valence-electron chi connectivity index (χ2n) is 13.4. The van der Waals surface area contributed by atoms with E-state index in [9.17, 15) is 13.8 Å². The molecule has 2 aromatic rings. The summed E-state index contributed by atoms with van der Waals surface area (Å²) in [6.45, 7) is 12.1. The first kappa shape index (κ1) is 33.0. The van der Waals surface area contributed by atoms with Crippen molar-refractivity contribution in [2.45, 2.75) is 103 Å². The number of benzene rings is 1. The minimum Gasteiger partial charge on any atom is -0.446 e. The third-order valence-corrected chi connectivity index (χ3v) is 11.9. The SMILES string of the molecule is C=S1(=O)CCC(n2cc(B3OC(C)(C)C(C)(C)O3)cn2)CC1.CC(=O)N1c2ccc(Br)cc2N(C(=O)OC2CCC2)C[C@@H]1C. The number of nitrogens with zero attached hydrogens (tertiary/aromatic N) is 4. The lowest BCUT2D eigenvalue weighted by molar-refractivity contribution is -0.117. The van der Waals surface area contributed by atoms with Crippen LogP contribution >= 0.6 is 15.9 Å².